The Balaban J connectivity index is 1.69. The van der Waals surface area contributed by atoms with E-state index < -0.39 is 24.0 Å². The number of hydrogen-bond acceptors (Lipinski definition) is 5. The van der Waals surface area contributed by atoms with Gasteiger partial charge in [0.25, 0.3) is 0 Å². The highest BCUT2D eigenvalue weighted by molar-refractivity contribution is 5.77. The minimum absolute atomic E-state index is 0.216. The molecule has 1 aliphatic rings. The Labute approximate surface area is 209 Å². The van der Waals surface area contributed by atoms with Crippen LogP contribution in [0.25, 0.3) is 0 Å². The molecule has 2 aromatic rings. The maximum atomic E-state index is 14.7. The van der Waals surface area contributed by atoms with Crippen molar-refractivity contribution in [2.24, 2.45) is 0 Å². The molecule has 1 fully saturated rings. The molecule has 1 N–H and O–H groups in total. The molecule has 0 bridgehead atoms. The number of carbonyl (C=O) groups is 2. The van der Waals surface area contributed by atoms with Crippen molar-refractivity contribution < 1.29 is 33.3 Å². The summed E-state index contributed by atoms with van der Waals surface area (Å²) < 4.78 is 29.5. The molecule has 3 atom stereocenters. The number of alkyl halides is 2. The molecular formula is C27H32F2N2O5. The van der Waals surface area contributed by atoms with Crippen LogP contribution in [0.5, 0.6) is 0 Å². The summed E-state index contributed by atoms with van der Waals surface area (Å²) in [5.41, 5.74) is 0.670. The van der Waals surface area contributed by atoms with Gasteiger partial charge in [-0.15, -0.1) is 0 Å². The average molecular weight is 503 g/mol. The van der Waals surface area contributed by atoms with E-state index in [2.05, 4.69) is 4.89 Å². The minimum atomic E-state index is -3.47. The summed E-state index contributed by atoms with van der Waals surface area (Å²) in [7, 11) is 0. The van der Waals surface area contributed by atoms with Crippen molar-refractivity contribution in [1.29, 1.82) is 0 Å². The van der Waals surface area contributed by atoms with Gasteiger partial charge in [-0.2, -0.15) is 13.7 Å². The molecule has 0 saturated carbocycles. The van der Waals surface area contributed by atoms with Gasteiger partial charge in [0.05, 0.1) is 6.04 Å². The molecule has 3 rings (SSSR count). The fourth-order valence-corrected chi connectivity index (χ4v) is 4.02. The van der Waals surface area contributed by atoms with Crippen molar-refractivity contribution in [2.45, 2.75) is 57.4 Å². The fourth-order valence-electron chi connectivity index (χ4n) is 4.02. The molecule has 0 aliphatic carbocycles. The summed E-state index contributed by atoms with van der Waals surface area (Å²) in [5.74, 6) is -4.03. The molecular weight excluding hydrogens is 470 g/mol. The fraction of sp³-hybridized carbons (Fsp3) is 0.407. The molecule has 7 nitrogen and oxygen atoms in total. The van der Waals surface area contributed by atoms with Gasteiger partial charge < -0.3 is 14.9 Å². The van der Waals surface area contributed by atoms with Gasteiger partial charge in [-0.25, -0.2) is 9.59 Å². The molecule has 1 heterocycles. The van der Waals surface area contributed by atoms with Crippen LogP contribution in [-0.4, -0.2) is 58.2 Å². The van der Waals surface area contributed by atoms with Gasteiger partial charge >= 0.3 is 17.9 Å². The highest BCUT2D eigenvalue weighted by atomic mass is 19.3. The summed E-state index contributed by atoms with van der Waals surface area (Å²) in [5, 5.41) is 10.3. The van der Waals surface area contributed by atoms with E-state index in [1.165, 1.54) is 37.3 Å². The molecule has 2 unspecified atom stereocenters. The van der Waals surface area contributed by atoms with Gasteiger partial charge in [-0.3, -0.25) is 4.89 Å². The van der Waals surface area contributed by atoms with E-state index in [1.807, 2.05) is 30.3 Å². The summed E-state index contributed by atoms with van der Waals surface area (Å²) >= 11 is 0. The lowest BCUT2D eigenvalue weighted by molar-refractivity contribution is -0.293. The van der Waals surface area contributed by atoms with Crippen LogP contribution in [0.4, 0.5) is 13.6 Å². The van der Waals surface area contributed by atoms with Crippen LogP contribution in [0.2, 0.25) is 0 Å². The van der Waals surface area contributed by atoms with Crippen LogP contribution in [-0.2, 0) is 27.0 Å². The topological polar surface area (TPSA) is 79.3 Å². The van der Waals surface area contributed by atoms with Crippen LogP contribution in [0.15, 0.2) is 72.8 Å². The first-order chi connectivity index (χ1) is 17.2. The Morgan fingerprint density at radius 2 is 1.81 bits per heavy atom. The molecule has 9 heteroatoms. The van der Waals surface area contributed by atoms with Gasteiger partial charge in [0.15, 0.2) is 0 Å². The molecule has 0 aromatic heterocycles. The third-order valence-electron chi connectivity index (χ3n) is 5.93. The second-order valence-corrected chi connectivity index (χ2v) is 8.85. The SMILES string of the molecule is CC(=O)OOC(C)CCCN1C(=O)N(Cc2ccccc2)C[C@@H]1C=CC(O)C(F)(F)c1ccccc1. The molecule has 194 valence electrons. The highest BCUT2D eigenvalue weighted by Gasteiger charge is 2.40. The molecule has 0 spiro atoms. The maximum Gasteiger partial charge on any atom is 0.339 e. The second-order valence-electron chi connectivity index (χ2n) is 8.85. The number of rotatable bonds is 12. The van der Waals surface area contributed by atoms with Crippen molar-refractivity contribution in [2.75, 3.05) is 13.1 Å². The molecule has 1 aliphatic heterocycles. The van der Waals surface area contributed by atoms with Crippen LogP contribution < -0.4 is 0 Å². The number of carbonyl (C=O) groups excluding carboxylic acids is 2. The number of benzene rings is 2. The van der Waals surface area contributed by atoms with Crippen molar-refractivity contribution in [3.63, 3.8) is 0 Å². The van der Waals surface area contributed by atoms with Crippen LogP contribution >= 0.6 is 0 Å². The quantitative estimate of drug-likeness (QED) is 0.259. The summed E-state index contributed by atoms with van der Waals surface area (Å²) in [4.78, 5) is 36.9. The lowest BCUT2D eigenvalue weighted by Crippen LogP contribution is -2.36. The van der Waals surface area contributed by atoms with Crippen molar-refractivity contribution in [1.82, 2.24) is 9.80 Å². The summed E-state index contributed by atoms with van der Waals surface area (Å²) in [6, 6.07) is 15.9. The predicted molar refractivity (Wildman–Crippen MR) is 130 cm³/mol. The Hall–Kier alpha value is -3.30. The van der Waals surface area contributed by atoms with Crippen molar-refractivity contribution in [3.8, 4) is 0 Å². The Bertz CT molecular complexity index is 1020. The van der Waals surface area contributed by atoms with Crippen LogP contribution in [0.1, 0.15) is 37.8 Å². The largest absolute Gasteiger partial charge is 0.382 e. The number of halogens is 2. The number of amides is 2. The number of aliphatic hydroxyl groups excluding tert-OH is 1. The van der Waals surface area contributed by atoms with E-state index in [0.717, 1.165) is 11.6 Å². The summed E-state index contributed by atoms with van der Waals surface area (Å²) in [6.07, 6.45) is 1.19. The third-order valence-corrected chi connectivity index (χ3v) is 5.93. The molecule has 1 saturated heterocycles. The summed E-state index contributed by atoms with van der Waals surface area (Å²) in [6.45, 7) is 4.01. The second kappa shape index (κ2) is 12.6. The maximum absolute atomic E-state index is 14.7. The normalized spacial score (nSPS) is 18.0. The van der Waals surface area contributed by atoms with Gasteiger partial charge in [-0.1, -0.05) is 72.8 Å². The van der Waals surface area contributed by atoms with E-state index in [1.54, 1.807) is 22.8 Å². The first-order valence-electron chi connectivity index (χ1n) is 11.9. The first kappa shape index (κ1) is 27.3. The molecule has 0 radical (unpaired) electrons. The van der Waals surface area contributed by atoms with E-state index in [-0.39, 0.29) is 17.7 Å². The van der Waals surface area contributed by atoms with Crippen LogP contribution in [0.3, 0.4) is 0 Å². The zero-order valence-corrected chi connectivity index (χ0v) is 20.4. The van der Waals surface area contributed by atoms with Crippen molar-refractivity contribution >= 4 is 12.0 Å². The predicted octanol–water partition coefficient (Wildman–Crippen LogP) is 4.67. The Morgan fingerprint density at radius 3 is 2.44 bits per heavy atom. The van der Waals surface area contributed by atoms with Crippen LogP contribution in [0, 0.1) is 0 Å². The van der Waals surface area contributed by atoms with Gasteiger partial charge in [-0.05, 0) is 25.3 Å². The number of urea groups is 1. The molecule has 2 amide bonds. The minimum Gasteiger partial charge on any atom is -0.382 e. The van der Waals surface area contributed by atoms with E-state index in [9.17, 15) is 23.5 Å². The van der Waals surface area contributed by atoms with E-state index in [0.29, 0.717) is 32.5 Å². The standard InChI is InChI=1S/C27H32F2N2O5/c1-20(35-36-21(2)32)10-9-17-31-24(19-30(26(31)34)18-22-11-5-3-6-12-22)15-16-25(33)27(28,29)23-13-7-4-8-14-23/h3-8,11-16,20,24-25,33H,9-10,17-19H2,1-2H3/t20?,24-,25?/m0/s1. The van der Waals surface area contributed by atoms with Gasteiger partial charge in [0.1, 0.15) is 12.2 Å². The smallest absolute Gasteiger partial charge is 0.339 e. The zero-order chi connectivity index (χ0) is 26.1. The Morgan fingerprint density at radius 1 is 1.17 bits per heavy atom. The lowest BCUT2D eigenvalue weighted by Gasteiger charge is -2.23. The third kappa shape index (κ3) is 7.35. The number of hydrogen-bond donors (Lipinski definition) is 1. The van der Waals surface area contributed by atoms with E-state index >= 15 is 0 Å². The number of nitrogens with zero attached hydrogens (tertiary/aromatic N) is 2. The lowest BCUT2D eigenvalue weighted by atomic mass is 10.0. The number of aliphatic hydroxyl groups is 1. The zero-order valence-electron chi connectivity index (χ0n) is 20.4. The highest BCUT2D eigenvalue weighted by Crippen LogP contribution is 2.32. The van der Waals surface area contributed by atoms with Crippen molar-refractivity contribution in [3.05, 3.63) is 83.9 Å². The molecule has 36 heavy (non-hydrogen) atoms. The molecule has 2 aromatic carbocycles. The average Bonchev–Trinajstić information content (AvgIpc) is 3.16. The Kier molecular flexibility index (Phi) is 9.55. The van der Waals surface area contributed by atoms with E-state index in [4.69, 9.17) is 4.89 Å². The monoisotopic (exact) mass is 502 g/mol. The van der Waals surface area contributed by atoms with Gasteiger partial charge in [0.2, 0.25) is 0 Å². The first-order valence-corrected chi connectivity index (χ1v) is 11.9. The van der Waals surface area contributed by atoms with Gasteiger partial charge in [0, 0.05) is 32.1 Å².